The summed E-state index contributed by atoms with van der Waals surface area (Å²) in [5.74, 6) is 0.466. The molecule has 4 rings (SSSR count). The van der Waals surface area contributed by atoms with Crippen LogP contribution in [0.25, 0.3) is 5.70 Å². The third-order valence-corrected chi connectivity index (χ3v) is 4.75. The van der Waals surface area contributed by atoms with Gasteiger partial charge in [-0.05, 0) is 39.8 Å². The number of halogens is 1. The number of hydrogen-bond acceptors (Lipinski definition) is 6. The third-order valence-electron chi connectivity index (χ3n) is 3.92. The minimum absolute atomic E-state index is 0.216. The first kappa shape index (κ1) is 15.5. The standard InChI is InChI=1S/C16H12FN5O2S/c17-25(23,24)13-8-6-11(7-9-13)14-10-15(12-4-2-1-3-5-12)22-16(18-14)19-20-21-22/h1-10,15H,(H,18,19,21). The Labute approximate surface area is 143 Å². The minimum atomic E-state index is -4.72. The van der Waals surface area contributed by atoms with Crippen LogP contribution in [0.15, 0.2) is 65.6 Å². The summed E-state index contributed by atoms with van der Waals surface area (Å²) in [4.78, 5) is -0.378. The highest BCUT2D eigenvalue weighted by molar-refractivity contribution is 7.86. The molecular formula is C16H12FN5O2S. The Bertz CT molecular complexity index is 1050. The zero-order chi connectivity index (χ0) is 17.4. The van der Waals surface area contributed by atoms with Crippen molar-refractivity contribution in [3.63, 3.8) is 0 Å². The lowest BCUT2D eigenvalue weighted by Gasteiger charge is -2.23. The molecule has 0 saturated carbocycles. The van der Waals surface area contributed by atoms with Crippen LogP contribution in [0.1, 0.15) is 17.2 Å². The lowest BCUT2D eigenvalue weighted by Crippen LogP contribution is -2.20. The molecule has 0 spiro atoms. The monoisotopic (exact) mass is 357 g/mol. The lowest BCUT2D eigenvalue weighted by molar-refractivity contribution is 0.552. The number of nitrogens with one attached hydrogen (secondary N) is 1. The Kier molecular flexibility index (Phi) is 3.57. The van der Waals surface area contributed by atoms with Crippen LogP contribution in [0.3, 0.4) is 0 Å². The summed E-state index contributed by atoms with van der Waals surface area (Å²) in [7, 11) is -4.72. The molecule has 0 aliphatic carbocycles. The van der Waals surface area contributed by atoms with E-state index in [0.717, 1.165) is 5.56 Å². The molecule has 7 nitrogen and oxygen atoms in total. The molecule has 1 aliphatic rings. The molecule has 1 atom stereocenters. The van der Waals surface area contributed by atoms with Crippen molar-refractivity contribution in [2.75, 3.05) is 5.32 Å². The Morgan fingerprint density at radius 2 is 1.76 bits per heavy atom. The van der Waals surface area contributed by atoms with Gasteiger partial charge < -0.3 is 5.32 Å². The van der Waals surface area contributed by atoms with Crippen LogP contribution in [-0.4, -0.2) is 28.6 Å². The number of hydrogen-bond donors (Lipinski definition) is 1. The zero-order valence-corrected chi connectivity index (χ0v) is 13.6. The first-order valence-corrected chi connectivity index (χ1v) is 8.77. The highest BCUT2D eigenvalue weighted by Gasteiger charge is 2.24. The van der Waals surface area contributed by atoms with Gasteiger partial charge in [0.15, 0.2) is 0 Å². The second-order valence-electron chi connectivity index (χ2n) is 5.47. The number of benzene rings is 2. The number of aromatic nitrogens is 4. The fourth-order valence-electron chi connectivity index (χ4n) is 2.71. The largest absolute Gasteiger partial charge is 0.332 e. The lowest BCUT2D eigenvalue weighted by atomic mass is 10.0. The maximum Gasteiger partial charge on any atom is 0.332 e. The van der Waals surface area contributed by atoms with Gasteiger partial charge in [0.05, 0.1) is 4.90 Å². The molecule has 0 amide bonds. The molecule has 0 radical (unpaired) electrons. The molecule has 3 aromatic rings. The van der Waals surface area contributed by atoms with E-state index in [1.165, 1.54) is 24.3 Å². The fourth-order valence-corrected chi connectivity index (χ4v) is 3.17. The van der Waals surface area contributed by atoms with Gasteiger partial charge in [0, 0.05) is 5.70 Å². The SMILES string of the molecule is O=S(=O)(F)c1ccc(C2=CC(c3ccccc3)n3nnnc3N2)cc1. The second kappa shape index (κ2) is 5.78. The number of fused-ring (bicyclic) bond motifs is 1. The van der Waals surface area contributed by atoms with Gasteiger partial charge in [0.1, 0.15) is 6.04 Å². The molecule has 126 valence electrons. The first-order chi connectivity index (χ1) is 12.0. The molecule has 1 unspecified atom stereocenters. The Balaban J connectivity index is 1.76. The van der Waals surface area contributed by atoms with E-state index in [-0.39, 0.29) is 10.9 Å². The molecule has 2 aromatic carbocycles. The fraction of sp³-hybridized carbons (Fsp3) is 0.0625. The summed E-state index contributed by atoms with van der Waals surface area (Å²) in [6, 6.07) is 15.0. The summed E-state index contributed by atoms with van der Waals surface area (Å²) in [6.07, 6.45) is 1.93. The van der Waals surface area contributed by atoms with Crippen LogP contribution in [0.2, 0.25) is 0 Å². The Morgan fingerprint density at radius 1 is 1.04 bits per heavy atom. The number of nitrogens with zero attached hydrogens (tertiary/aromatic N) is 4. The average Bonchev–Trinajstić information content (AvgIpc) is 3.09. The maximum absolute atomic E-state index is 13.0. The van der Waals surface area contributed by atoms with Gasteiger partial charge in [-0.3, -0.25) is 0 Å². The number of rotatable bonds is 3. The van der Waals surface area contributed by atoms with E-state index in [1.807, 2.05) is 36.4 Å². The molecule has 0 fully saturated rings. The van der Waals surface area contributed by atoms with E-state index < -0.39 is 10.2 Å². The van der Waals surface area contributed by atoms with E-state index in [4.69, 9.17) is 0 Å². The van der Waals surface area contributed by atoms with E-state index in [9.17, 15) is 12.3 Å². The minimum Gasteiger partial charge on any atom is -0.323 e. The number of anilines is 1. The number of tetrazole rings is 1. The predicted octanol–water partition coefficient (Wildman–Crippen LogP) is 2.39. The van der Waals surface area contributed by atoms with Gasteiger partial charge in [-0.2, -0.15) is 13.1 Å². The van der Waals surface area contributed by atoms with Crippen molar-refractivity contribution in [3.8, 4) is 0 Å². The van der Waals surface area contributed by atoms with Gasteiger partial charge in [-0.1, -0.05) is 47.6 Å². The summed E-state index contributed by atoms with van der Waals surface area (Å²) in [6.45, 7) is 0. The maximum atomic E-state index is 13.0. The summed E-state index contributed by atoms with van der Waals surface area (Å²) >= 11 is 0. The van der Waals surface area contributed by atoms with Crippen molar-refractivity contribution in [1.82, 2.24) is 20.2 Å². The van der Waals surface area contributed by atoms with Crippen molar-refractivity contribution in [3.05, 3.63) is 71.8 Å². The highest BCUT2D eigenvalue weighted by Crippen LogP contribution is 2.31. The van der Waals surface area contributed by atoms with Crippen LogP contribution in [0, 0.1) is 0 Å². The summed E-state index contributed by atoms with van der Waals surface area (Å²) in [5, 5.41) is 14.8. The molecule has 1 aromatic heterocycles. The summed E-state index contributed by atoms with van der Waals surface area (Å²) in [5.41, 5.74) is 2.40. The van der Waals surface area contributed by atoms with Gasteiger partial charge in [0.2, 0.25) is 5.95 Å². The Hall–Kier alpha value is -3.07. The van der Waals surface area contributed by atoms with Crippen molar-refractivity contribution in [2.24, 2.45) is 0 Å². The van der Waals surface area contributed by atoms with Crippen LogP contribution < -0.4 is 5.32 Å². The highest BCUT2D eigenvalue weighted by atomic mass is 32.3. The van der Waals surface area contributed by atoms with Crippen molar-refractivity contribution in [2.45, 2.75) is 10.9 Å². The topological polar surface area (TPSA) is 89.8 Å². The molecule has 0 saturated heterocycles. The molecule has 0 bridgehead atoms. The first-order valence-electron chi connectivity index (χ1n) is 7.39. The van der Waals surface area contributed by atoms with Crippen LogP contribution in [-0.2, 0) is 10.2 Å². The van der Waals surface area contributed by atoms with Crippen LogP contribution in [0.5, 0.6) is 0 Å². The molecular weight excluding hydrogens is 345 g/mol. The van der Waals surface area contributed by atoms with Crippen LogP contribution in [0.4, 0.5) is 9.83 Å². The molecule has 25 heavy (non-hydrogen) atoms. The van der Waals surface area contributed by atoms with E-state index >= 15 is 0 Å². The average molecular weight is 357 g/mol. The van der Waals surface area contributed by atoms with Gasteiger partial charge >= 0.3 is 10.2 Å². The van der Waals surface area contributed by atoms with Crippen molar-refractivity contribution in [1.29, 1.82) is 0 Å². The third kappa shape index (κ3) is 2.89. The van der Waals surface area contributed by atoms with E-state index in [1.54, 1.807) is 4.68 Å². The predicted molar refractivity (Wildman–Crippen MR) is 88.7 cm³/mol. The second-order valence-corrected chi connectivity index (χ2v) is 6.82. The normalized spacial score (nSPS) is 16.7. The van der Waals surface area contributed by atoms with E-state index in [0.29, 0.717) is 17.2 Å². The Morgan fingerprint density at radius 3 is 2.44 bits per heavy atom. The molecule has 2 heterocycles. The molecule has 9 heteroatoms. The van der Waals surface area contributed by atoms with Crippen molar-refractivity contribution >= 4 is 21.9 Å². The quantitative estimate of drug-likeness (QED) is 0.724. The number of allylic oxidation sites excluding steroid dienone is 1. The van der Waals surface area contributed by atoms with Crippen LogP contribution >= 0.6 is 0 Å². The van der Waals surface area contributed by atoms with Crippen molar-refractivity contribution < 1.29 is 12.3 Å². The smallest absolute Gasteiger partial charge is 0.323 e. The molecule has 1 N–H and O–H groups in total. The summed E-state index contributed by atoms with van der Waals surface area (Å²) < 4.78 is 36.6. The van der Waals surface area contributed by atoms with Gasteiger partial charge in [-0.25, -0.2) is 0 Å². The van der Waals surface area contributed by atoms with Gasteiger partial charge in [0.25, 0.3) is 0 Å². The zero-order valence-electron chi connectivity index (χ0n) is 12.7. The molecule has 1 aliphatic heterocycles. The van der Waals surface area contributed by atoms with E-state index in [2.05, 4.69) is 20.8 Å². The van der Waals surface area contributed by atoms with Gasteiger partial charge in [-0.15, -0.1) is 3.89 Å².